The molecule has 0 aromatic carbocycles. The summed E-state index contributed by atoms with van der Waals surface area (Å²) < 4.78 is 5.22. The monoisotopic (exact) mass is 277 g/mol. The van der Waals surface area contributed by atoms with Crippen LogP contribution in [0.4, 0.5) is 0 Å². The largest absolute Gasteiger partial charge is 0.481 e. The van der Waals surface area contributed by atoms with Crippen LogP contribution in [0.2, 0.25) is 0 Å². The zero-order chi connectivity index (χ0) is 14.6. The SMILES string of the molecule is CCC1(C)CN(Cc2cccc(OC)n2)C(C)CCN1. The van der Waals surface area contributed by atoms with Gasteiger partial charge in [-0.3, -0.25) is 4.90 Å². The van der Waals surface area contributed by atoms with Gasteiger partial charge in [0.05, 0.1) is 12.8 Å². The van der Waals surface area contributed by atoms with Gasteiger partial charge < -0.3 is 10.1 Å². The summed E-state index contributed by atoms with van der Waals surface area (Å²) in [6.07, 6.45) is 2.32. The third-order valence-electron chi connectivity index (χ3n) is 4.43. The number of nitrogens with one attached hydrogen (secondary N) is 1. The molecule has 1 fully saturated rings. The molecule has 1 aromatic heterocycles. The van der Waals surface area contributed by atoms with Crippen molar-refractivity contribution in [1.29, 1.82) is 0 Å². The lowest BCUT2D eigenvalue weighted by Gasteiger charge is -2.34. The first-order valence-electron chi connectivity index (χ1n) is 7.55. The molecule has 0 saturated carbocycles. The number of rotatable bonds is 4. The summed E-state index contributed by atoms with van der Waals surface area (Å²) in [4.78, 5) is 7.07. The molecule has 0 amide bonds. The quantitative estimate of drug-likeness (QED) is 0.917. The minimum absolute atomic E-state index is 0.198. The number of hydrogen-bond donors (Lipinski definition) is 1. The molecule has 4 heteroatoms. The van der Waals surface area contributed by atoms with E-state index in [2.05, 4.69) is 42.0 Å². The zero-order valence-electron chi connectivity index (χ0n) is 13.1. The first-order valence-corrected chi connectivity index (χ1v) is 7.55. The summed E-state index contributed by atoms with van der Waals surface area (Å²) in [5, 5.41) is 3.69. The Morgan fingerprint density at radius 1 is 1.50 bits per heavy atom. The second-order valence-electron chi connectivity index (χ2n) is 6.05. The van der Waals surface area contributed by atoms with E-state index >= 15 is 0 Å². The van der Waals surface area contributed by atoms with Crippen molar-refractivity contribution in [2.24, 2.45) is 0 Å². The summed E-state index contributed by atoms with van der Waals surface area (Å²) in [5.74, 6) is 0.696. The van der Waals surface area contributed by atoms with Crippen molar-refractivity contribution in [2.75, 3.05) is 20.2 Å². The highest BCUT2D eigenvalue weighted by Crippen LogP contribution is 2.21. The van der Waals surface area contributed by atoms with E-state index in [0.717, 1.165) is 31.7 Å². The molecule has 2 unspecified atom stereocenters. The first kappa shape index (κ1) is 15.3. The maximum absolute atomic E-state index is 5.22. The van der Waals surface area contributed by atoms with Gasteiger partial charge in [0.25, 0.3) is 0 Å². The van der Waals surface area contributed by atoms with Crippen LogP contribution >= 0.6 is 0 Å². The molecule has 2 rings (SSSR count). The zero-order valence-corrected chi connectivity index (χ0v) is 13.1. The van der Waals surface area contributed by atoms with E-state index in [0.29, 0.717) is 11.9 Å². The molecule has 2 atom stereocenters. The van der Waals surface area contributed by atoms with E-state index in [1.807, 2.05) is 12.1 Å². The smallest absolute Gasteiger partial charge is 0.213 e. The minimum Gasteiger partial charge on any atom is -0.481 e. The van der Waals surface area contributed by atoms with Gasteiger partial charge in [-0.05, 0) is 39.3 Å². The van der Waals surface area contributed by atoms with E-state index in [9.17, 15) is 0 Å². The lowest BCUT2D eigenvalue weighted by Crippen LogP contribution is -2.49. The summed E-state index contributed by atoms with van der Waals surface area (Å²) in [6, 6.07) is 6.56. The van der Waals surface area contributed by atoms with Gasteiger partial charge in [0.1, 0.15) is 0 Å². The summed E-state index contributed by atoms with van der Waals surface area (Å²) >= 11 is 0. The van der Waals surface area contributed by atoms with Crippen molar-refractivity contribution in [3.8, 4) is 5.88 Å². The van der Waals surface area contributed by atoms with Gasteiger partial charge in [0, 0.05) is 30.7 Å². The molecule has 0 radical (unpaired) electrons. The van der Waals surface area contributed by atoms with Gasteiger partial charge in [0.15, 0.2) is 0 Å². The number of nitrogens with zero attached hydrogens (tertiary/aromatic N) is 2. The minimum atomic E-state index is 0.198. The van der Waals surface area contributed by atoms with E-state index < -0.39 is 0 Å². The lowest BCUT2D eigenvalue weighted by molar-refractivity contribution is 0.161. The number of hydrogen-bond acceptors (Lipinski definition) is 4. The van der Waals surface area contributed by atoms with Crippen LogP contribution in [0.25, 0.3) is 0 Å². The molecule has 1 aliphatic rings. The third-order valence-corrected chi connectivity index (χ3v) is 4.43. The maximum Gasteiger partial charge on any atom is 0.213 e. The Bertz CT molecular complexity index is 437. The van der Waals surface area contributed by atoms with Gasteiger partial charge in [-0.25, -0.2) is 4.98 Å². The Balaban J connectivity index is 2.12. The van der Waals surface area contributed by atoms with Crippen LogP contribution in [0.1, 0.15) is 39.3 Å². The van der Waals surface area contributed by atoms with Crippen LogP contribution in [0.15, 0.2) is 18.2 Å². The van der Waals surface area contributed by atoms with Crippen molar-refractivity contribution in [3.05, 3.63) is 23.9 Å². The standard InChI is InChI=1S/C16H27N3O/c1-5-16(3)12-19(13(2)9-10-17-16)11-14-7-6-8-15(18-14)20-4/h6-8,13,17H,5,9-12H2,1-4H3. The normalized spacial score (nSPS) is 28.1. The molecule has 1 saturated heterocycles. The van der Waals surface area contributed by atoms with Gasteiger partial charge in [-0.15, -0.1) is 0 Å². The van der Waals surface area contributed by atoms with Crippen molar-refractivity contribution >= 4 is 0 Å². The highest BCUT2D eigenvalue weighted by molar-refractivity contribution is 5.15. The molecule has 20 heavy (non-hydrogen) atoms. The average Bonchev–Trinajstić information content (AvgIpc) is 2.59. The molecule has 4 nitrogen and oxygen atoms in total. The highest BCUT2D eigenvalue weighted by Gasteiger charge is 2.30. The van der Waals surface area contributed by atoms with Crippen LogP contribution in [0.3, 0.4) is 0 Å². The number of aromatic nitrogens is 1. The van der Waals surface area contributed by atoms with Crippen molar-refractivity contribution in [2.45, 2.75) is 51.7 Å². The van der Waals surface area contributed by atoms with Crippen molar-refractivity contribution in [1.82, 2.24) is 15.2 Å². The fraction of sp³-hybridized carbons (Fsp3) is 0.688. The topological polar surface area (TPSA) is 37.4 Å². The van der Waals surface area contributed by atoms with E-state index in [-0.39, 0.29) is 5.54 Å². The van der Waals surface area contributed by atoms with Crippen molar-refractivity contribution < 1.29 is 4.74 Å². The van der Waals surface area contributed by atoms with E-state index in [4.69, 9.17) is 4.74 Å². The van der Waals surface area contributed by atoms with Crippen molar-refractivity contribution in [3.63, 3.8) is 0 Å². The van der Waals surface area contributed by atoms with Gasteiger partial charge >= 0.3 is 0 Å². The predicted octanol–water partition coefficient (Wildman–Crippen LogP) is 2.44. The Morgan fingerprint density at radius 2 is 2.30 bits per heavy atom. The molecule has 0 aliphatic carbocycles. The lowest BCUT2D eigenvalue weighted by atomic mass is 9.98. The second kappa shape index (κ2) is 6.55. The summed E-state index contributed by atoms with van der Waals surface area (Å²) in [5.41, 5.74) is 1.28. The van der Waals surface area contributed by atoms with Crippen LogP contribution < -0.4 is 10.1 Å². The fourth-order valence-electron chi connectivity index (χ4n) is 2.74. The number of ether oxygens (including phenoxy) is 1. The molecule has 112 valence electrons. The van der Waals surface area contributed by atoms with Crippen LogP contribution in [0, 0.1) is 0 Å². The van der Waals surface area contributed by atoms with Crippen LogP contribution in [-0.2, 0) is 6.54 Å². The van der Waals surface area contributed by atoms with Gasteiger partial charge in [-0.2, -0.15) is 0 Å². The Hall–Kier alpha value is -1.13. The van der Waals surface area contributed by atoms with E-state index in [1.54, 1.807) is 7.11 Å². The second-order valence-corrected chi connectivity index (χ2v) is 6.05. The predicted molar refractivity (Wildman–Crippen MR) is 82.0 cm³/mol. The molecule has 2 heterocycles. The molecule has 0 spiro atoms. The molecule has 0 bridgehead atoms. The Kier molecular flexibility index (Phi) is 5.00. The molecule has 1 aliphatic heterocycles. The molecule has 1 N–H and O–H groups in total. The average molecular weight is 277 g/mol. The van der Waals surface area contributed by atoms with Gasteiger partial charge in [0.2, 0.25) is 5.88 Å². The fourth-order valence-corrected chi connectivity index (χ4v) is 2.74. The molecular formula is C16H27N3O. The summed E-state index contributed by atoms with van der Waals surface area (Å²) in [6.45, 7) is 9.91. The number of methoxy groups -OCH3 is 1. The Labute approximate surface area is 122 Å². The number of pyridine rings is 1. The maximum atomic E-state index is 5.22. The van der Waals surface area contributed by atoms with Crippen LogP contribution in [-0.4, -0.2) is 41.7 Å². The molecular weight excluding hydrogens is 250 g/mol. The van der Waals surface area contributed by atoms with Crippen LogP contribution in [0.5, 0.6) is 5.88 Å². The third kappa shape index (κ3) is 3.70. The van der Waals surface area contributed by atoms with Gasteiger partial charge in [-0.1, -0.05) is 13.0 Å². The Morgan fingerprint density at radius 3 is 3.00 bits per heavy atom. The molecule has 1 aromatic rings. The first-order chi connectivity index (χ1) is 9.56. The highest BCUT2D eigenvalue weighted by atomic mass is 16.5. The summed E-state index contributed by atoms with van der Waals surface area (Å²) in [7, 11) is 1.67. The van der Waals surface area contributed by atoms with E-state index in [1.165, 1.54) is 6.42 Å².